The summed E-state index contributed by atoms with van der Waals surface area (Å²) in [7, 11) is 0. The monoisotopic (exact) mass is 322 g/mol. The lowest BCUT2D eigenvalue weighted by atomic mass is 10.2. The molecule has 2 aromatic rings. The van der Waals surface area contributed by atoms with E-state index in [-0.39, 0.29) is 5.91 Å². The van der Waals surface area contributed by atoms with Gasteiger partial charge in [-0.05, 0) is 53.2 Å². The highest BCUT2D eigenvalue weighted by molar-refractivity contribution is 9.10. The molecule has 0 spiro atoms. The molecule has 1 amide bonds. The highest BCUT2D eigenvalue weighted by Gasteiger charge is 2.11. The number of thiol groups is 1. The van der Waals surface area contributed by atoms with Gasteiger partial charge in [-0.15, -0.1) is 12.6 Å². The van der Waals surface area contributed by atoms with Gasteiger partial charge in [-0.3, -0.25) is 9.78 Å². The van der Waals surface area contributed by atoms with Crippen molar-refractivity contribution in [2.45, 2.75) is 11.8 Å². The van der Waals surface area contributed by atoms with Crippen molar-refractivity contribution in [3.05, 3.63) is 52.3 Å². The minimum absolute atomic E-state index is 0.186. The van der Waals surface area contributed by atoms with Gasteiger partial charge in [0.25, 0.3) is 5.91 Å². The number of nitrogens with zero attached hydrogens (tertiary/aromatic N) is 1. The summed E-state index contributed by atoms with van der Waals surface area (Å²) in [5.41, 5.74) is 2.04. The average Bonchev–Trinajstić information content (AvgIpc) is 2.35. The summed E-state index contributed by atoms with van der Waals surface area (Å²) in [6.45, 7) is 1.85. The number of rotatable bonds is 2. The predicted octanol–water partition coefficient (Wildman–Crippen LogP) is 3.69. The van der Waals surface area contributed by atoms with E-state index in [0.717, 1.165) is 15.1 Å². The number of aromatic nitrogens is 1. The van der Waals surface area contributed by atoms with E-state index >= 15 is 0 Å². The molecule has 1 heterocycles. The van der Waals surface area contributed by atoms with Crippen LogP contribution in [0.3, 0.4) is 0 Å². The molecule has 0 atom stereocenters. The van der Waals surface area contributed by atoms with Crippen molar-refractivity contribution < 1.29 is 4.79 Å². The van der Waals surface area contributed by atoms with Crippen LogP contribution in [-0.2, 0) is 0 Å². The molecule has 0 aliphatic carbocycles. The van der Waals surface area contributed by atoms with Crippen LogP contribution in [0, 0.1) is 6.92 Å². The number of pyridine rings is 1. The summed E-state index contributed by atoms with van der Waals surface area (Å²) in [5, 5.41) is 2.83. The minimum atomic E-state index is -0.186. The number of halogens is 1. The summed E-state index contributed by atoms with van der Waals surface area (Å²) in [6.07, 6.45) is 1.69. The molecule has 1 aromatic heterocycles. The Morgan fingerprint density at radius 2 is 2.17 bits per heavy atom. The van der Waals surface area contributed by atoms with Crippen LogP contribution in [0.15, 0.2) is 45.9 Å². The van der Waals surface area contributed by atoms with Crippen LogP contribution in [0.25, 0.3) is 0 Å². The molecule has 3 nitrogen and oxygen atoms in total. The third-order valence-electron chi connectivity index (χ3n) is 2.45. The Morgan fingerprint density at radius 1 is 1.39 bits per heavy atom. The van der Waals surface area contributed by atoms with E-state index in [1.807, 2.05) is 19.1 Å². The smallest absolute Gasteiger partial charge is 0.256 e. The van der Waals surface area contributed by atoms with Gasteiger partial charge < -0.3 is 5.32 Å². The third-order valence-corrected chi connectivity index (χ3v) is 3.42. The number of aryl methyl sites for hydroxylation is 1. The second-order valence-electron chi connectivity index (χ2n) is 3.75. The number of hydrogen-bond acceptors (Lipinski definition) is 3. The van der Waals surface area contributed by atoms with Gasteiger partial charge in [0.1, 0.15) is 0 Å². The lowest BCUT2D eigenvalue weighted by Crippen LogP contribution is -2.13. The molecule has 0 aliphatic heterocycles. The normalized spacial score (nSPS) is 10.2. The first kappa shape index (κ1) is 13.1. The Hall–Kier alpha value is -1.33. The zero-order valence-electron chi connectivity index (χ0n) is 9.64. The molecule has 18 heavy (non-hydrogen) atoms. The lowest BCUT2D eigenvalue weighted by Gasteiger charge is -2.09. The molecule has 0 fully saturated rings. The van der Waals surface area contributed by atoms with Crippen LogP contribution in [0.2, 0.25) is 0 Å². The molecule has 92 valence electrons. The number of nitrogens with one attached hydrogen (secondary N) is 1. The fourth-order valence-electron chi connectivity index (χ4n) is 1.49. The topological polar surface area (TPSA) is 42.0 Å². The maximum atomic E-state index is 12.1. The highest BCUT2D eigenvalue weighted by atomic mass is 79.9. The lowest BCUT2D eigenvalue weighted by molar-refractivity contribution is 0.102. The van der Waals surface area contributed by atoms with E-state index in [9.17, 15) is 4.79 Å². The SMILES string of the molecule is Cc1ncccc1NC(=O)c1cc(S)ccc1Br. The third kappa shape index (κ3) is 2.91. The summed E-state index contributed by atoms with van der Waals surface area (Å²) in [4.78, 5) is 17.0. The second kappa shape index (κ2) is 5.54. The Kier molecular flexibility index (Phi) is 4.04. The highest BCUT2D eigenvalue weighted by Crippen LogP contribution is 2.22. The van der Waals surface area contributed by atoms with Crippen molar-refractivity contribution in [2.75, 3.05) is 5.32 Å². The average molecular weight is 323 g/mol. The van der Waals surface area contributed by atoms with Crippen molar-refractivity contribution in [3.63, 3.8) is 0 Å². The molecule has 0 saturated carbocycles. The fraction of sp³-hybridized carbons (Fsp3) is 0.0769. The van der Waals surface area contributed by atoms with Crippen molar-refractivity contribution in [2.24, 2.45) is 0 Å². The van der Waals surface area contributed by atoms with Crippen LogP contribution < -0.4 is 5.32 Å². The van der Waals surface area contributed by atoms with Crippen LogP contribution in [-0.4, -0.2) is 10.9 Å². The largest absolute Gasteiger partial charge is 0.320 e. The van der Waals surface area contributed by atoms with Crippen molar-refractivity contribution in [1.82, 2.24) is 4.98 Å². The fourth-order valence-corrected chi connectivity index (χ4v) is 2.12. The van der Waals surface area contributed by atoms with Crippen LogP contribution in [0.5, 0.6) is 0 Å². The number of carbonyl (C=O) groups is 1. The van der Waals surface area contributed by atoms with E-state index in [1.165, 1.54) is 0 Å². The first-order valence-electron chi connectivity index (χ1n) is 5.29. The van der Waals surface area contributed by atoms with Gasteiger partial charge >= 0.3 is 0 Å². The summed E-state index contributed by atoms with van der Waals surface area (Å²) in [6, 6.07) is 8.94. The van der Waals surface area contributed by atoms with E-state index in [4.69, 9.17) is 0 Å². The van der Waals surface area contributed by atoms with Crippen molar-refractivity contribution >= 4 is 40.2 Å². The van der Waals surface area contributed by atoms with Crippen LogP contribution in [0.4, 0.5) is 5.69 Å². The van der Waals surface area contributed by atoms with Gasteiger partial charge in [0.2, 0.25) is 0 Å². The molecule has 5 heteroatoms. The Balaban J connectivity index is 2.28. The maximum absolute atomic E-state index is 12.1. The summed E-state index contributed by atoms with van der Waals surface area (Å²) < 4.78 is 0.736. The van der Waals surface area contributed by atoms with Crippen LogP contribution in [0.1, 0.15) is 16.1 Å². The second-order valence-corrected chi connectivity index (χ2v) is 5.13. The van der Waals surface area contributed by atoms with E-state index < -0.39 is 0 Å². The van der Waals surface area contributed by atoms with E-state index in [2.05, 4.69) is 38.9 Å². The quantitative estimate of drug-likeness (QED) is 0.828. The first-order chi connectivity index (χ1) is 8.58. The van der Waals surface area contributed by atoms with Crippen molar-refractivity contribution in [3.8, 4) is 0 Å². The summed E-state index contributed by atoms with van der Waals surface area (Å²) >= 11 is 7.58. The Morgan fingerprint density at radius 3 is 2.89 bits per heavy atom. The number of carbonyl (C=O) groups excluding carboxylic acids is 1. The summed E-state index contributed by atoms with van der Waals surface area (Å²) in [5.74, 6) is -0.186. The van der Waals surface area contributed by atoms with Gasteiger partial charge in [0.15, 0.2) is 0 Å². The zero-order valence-corrected chi connectivity index (χ0v) is 12.1. The Labute approximate surface area is 119 Å². The molecule has 0 unspecified atom stereocenters. The number of amides is 1. The van der Waals surface area contributed by atoms with E-state index in [1.54, 1.807) is 24.4 Å². The number of anilines is 1. The van der Waals surface area contributed by atoms with Gasteiger partial charge in [-0.1, -0.05) is 0 Å². The number of hydrogen-bond donors (Lipinski definition) is 2. The van der Waals surface area contributed by atoms with Crippen molar-refractivity contribution in [1.29, 1.82) is 0 Å². The molecule has 2 rings (SSSR count). The van der Waals surface area contributed by atoms with Gasteiger partial charge in [0, 0.05) is 15.6 Å². The number of benzene rings is 1. The standard InChI is InChI=1S/C13H11BrN2OS/c1-8-12(3-2-6-15-8)16-13(17)10-7-9(18)4-5-11(10)14/h2-7,18H,1H3,(H,16,17). The Bertz CT molecular complexity index is 601. The molecule has 0 saturated heterocycles. The predicted molar refractivity (Wildman–Crippen MR) is 78.3 cm³/mol. The molecular formula is C13H11BrN2OS. The van der Waals surface area contributed by atoms with Gasteiger partial charge in [-0.2, -0.15) is 0 Å². The molecule has 0 bridgehead atoms. The van der Waals surface area contributed by atoms with Crippen LogP contribution >= 0.6 is 28.6 Å². The maximum Gasteiger partial charge on any atom is 0.256 e. The minimum Gasteiger partial charge on any atom is -0.320 e. The molecule has 0 aliphatic rings. The van der Waals surface area contributed by atoms with Gasteiger partial charge in [0.05, 0.1) is 16.9 Å². The zero-order chi connectivity index (χ0) is 13.1. The first-order valence-corrected chi connectivity index (χ1v) is 6.53. The van der Waals surface area contributed by atoms with E-state index in [0.29, 0.717) is 11.3 Å². The molecular weight excluding hydrogens is 312 g/mol. The van der Waals surface area contributed by atoms with Gasteiger partial charge in [-0.25, -0.2) is 0 Å². The molecule has 1 N–H and O–H groups in total. The molecule has 1 aromatic carbocycles. The molecule has 0 radical (unpaired) electrons.